The van der Waals surface area contributed by atoms with Crippen LogP contribution in [0.5, 0.6) is 0 Å². The molecule has 5 nitrogen and oxygen atoms in total. The maximum Gasteiger partial charge on any atom is 0.293 e. The molecule has 0 saturated heterocycles. The van der Waals surface area contributed by atoms with Gasteiger partial charge in [-0.1, -0.05) is 78.9 Å². The number of nitrogens with one attached hydrogen (secondary N) is 2. The summed E-state index contributed by atoms with van der Waals surface area (Å²) in [4.78, 5) is 25.9. The first kappa shape index (κ1) is 22.1. The molecule has 2 N–H and O–H groups in total. The van der Waals surface area contributed by atoms with E-state index < -0.39 is 11.7 Å². The van der Waals surface area contributed by atoms with Crippen LogP contribution in [0.2, 0.25) is 0 Å². The van der Waals surface area contributed by atoms with Gasteiger partial charge in [0.2, 0.25) is 11.7 Å². The summed E-state index contributed by atoms with van der Waals surface area (Å²) >= 11 is 0. The minimum Gasteiger partial charge on any atom is -0.449 e. The molecule has 0 unspecified atom stereocenters. The zero-order valence-corrected chi connectivity index (χ0v) is 18.6. The molecule has 0 aliphatic rings. The molecule has 0 aliphatic heterocycles. The Bertz CT molecular complexity index is 1510. The molecular formula is C29H21FN2O3. The number of rotatable bonds is 6. The third-order valence-electron chi connectivity index (χ3n) is 5.61. The molecule has 0 aliphatic carbocycles. The highest BCUT2D eigenvalue weighted by Crippen LogP contribution is 2.32. The van der Waals surface area contributed by atoms with Crippen LogP contribution in [0.15, 0.2) is 108 Å². The van der Waals surface area contributed by atoms with Gasteiger partial charge in [0.05, 0.1) is 12.1 Å². The third kappa shape index (κ3) is 4.82. The van der Waals surface area contributed by atoms with Gasteiger partial charge >= 0.3 is 0 Å². The van der Waals surface area contributed by atoms with Gasteiger partial charge in [0, 0.05) is 5.39 Å². The number of carbonyl (C=O) groups is 2. The van der Waals surface area contributed by atoms with Crippen molar-refractivity contribution in [3.05, 3.63) is 120 Å². The van der Waals surface area contributed by atoms with Crippen LogP contribution in [0.1, 0.15) is 16.1 Å². The normalized spacial score (nSPS) is 10.8. The maximum atomic E-state index is 14.0. The molecule has 2 amide bonds. The molecule has 0 bridgehead atoms. The Balaban J connectivity index is 1.37. The lowest BCUT2D eigenvalue weighted by Gasteiger charge is -2.09. The molecule has 0 radical (unpaired) electrons. The zero-order chi connectivity index (χ0) is 24.2. The van der Waals surface area contributed by atoms with Crippen molar-refractivity contribution in [1.82, 2.24) is 0 Å². The third-order valence-corrected chi connectivity index (χ3v) is 5.61. The van der Waals surface area contributed by atoms with E-state index in [1.165, 1.54) is 18.2 Å². The van der Waals surface area contributed by atoms with Gasteiger partial charge in [-0.3, -0.25) is 9.59 Å². The van der Waals surface area contributed by atoms with Crippen LogP contribution < -0.4 is 10.6 Å². The summed E-state index contributed by atoms with van der Waals surface area (Å²) in [6.07, 6.45) is 0.114. The number of hydrogen-bond donors (Lipinski definition) is 2. The Morgan fingerprint density at radius 1 is 0.714 bits per heavy atom. The summed E-state index contributed by atoms with van der Waals surface area (Å²) in [6.45, 7) is 0. The number of furan rings is 1. The van der Waals surface area contributed by atoms with Crippen molar-refractivity contribution in [2.24, 2.45) is 0 Å². The molecule has 1 aromatic heterocycles. The maximum absolute atomic E-state index is 14.0. The number of hydrogen-bond acceptors (Lipinski definition) is 3. The quantitative estimate of drug-likeness (QED) is 0.295. The fourth-order valence-corrected chi connectivity index (χ4v) is 3.89. The number of benzene rings is 4. The second kappa shape index (κ2) is 9.65. The first-order valence-electron chi connectivity index (χ1n) is 11.1. The second-order valence-electron chi connectivity index (χ2n) is 8.02. The van der Waals surface area contributed by atoms with E-state index in [-0.39, 0.29) is 29.5 Å². The SMILES string of the molecule is O=C(Cc1ccc(-c2ccccc2)cc1)Nc1c(C(=O)Nc2ccccc2F)oc2ccccc12. The van der Waals surface area contributed by atoms with Crippen LogP contribution in [0.25, 0.3) is 22.1 Å². The number of halogens is 1. The van der Waals surface area contributed by atoms with E-state index in [0.29, 0.717) is 11.0 Å². The molecule has 5 aromatic rings. The first-order valence-corrected chi connectivity index (χ1v) is 11.1. The highest BCUT2D eigenvalue weighted by atomic mass is 19.1. The molecule has 172 valence electrons. The van der Waals surface area contributed by atoms with E-state index in [1.54, 1.807) is 30.3 Å². The number of para-hydroxylation sites is 2. The monoisotopic (exact) mass is 464 g/mol. The molecule has 5 rings (SSSR count). The Morgan fingerprint density at radius 2 is 1.37 bits per heavy atom. The number of amides is 2. The van der Waals surface area contributed by atoms with Crippen LogP contribution in [-0.4, -0.2) is 11.8 Å². The Kier molecular flexibility index (Phi) is 6.09. The molecule has 35 heavy (non-hydrogen) atoms. The molecule has 0 saturated carbocycles. The summed E-state index contributed by atoms with van der Waals surface area (Å²) in [6, 6.07) is 30.6. The van der Waals surface area contributed by atoms with Gasteiger partial charge in [-0.05, 0) is 41.0 Å². The topological polar surface area (TPSA) is 71.3 Å². The highest BCUT2D eigenvalue weighted by Gasteiger charge is 2.23. The van der Waals surface area contributed by atoms with Crippen molar-refractivity contribution in [2.75, 3.05) is 10.6 Å². The summed E-state index contributed by atoms with van der Waals surface area (Å²) in [5, 5.41) is 5.92. The average Bonchev–Trinajstić information content (AvgIpc) is 3.25. The van der Waals surface area contributed by atoms with Gasteiger partial charge in [-0.2, -0.15) is 0 Å². The zero-order valence-electron chi connectivity index (χ0n) is 18.6. The van der Waals surface area contributed by atoms with Crippen LogP contribution in [0, 0.1) is 5.82 Å². The fraction of sp³-hybridized carbons (Fsp3) is 0.0345. The molecule has 0 spiro atoms. The van der Waals surface area contributed by atoms with Crippen molar-refractivity contribution >= 4 is 34.2 Å². The van der Waals surface area contributed by atoms with E-state index >= 15 is 0 Å². The number of fused-ring (bicyclic) bond motifs is 1. The van der Waals surface area contributed by atoms with E-state index in [0.717, 1.165) is 16.7 Å². The highest BCUT2D eigenvalue weighted by molar-refractivity contribution is 6.14. The summed E-state index contributed by atoms with van der Waals surface area (Å²) < 4.78 is 19.8. The smallest absolute Gasteiger partial charge is 0.293 e. The Hall–Kier alpha value is -4.71. The van der Waals surface area contributed by atoms with Crippen molar-refractivity contribution in [3.63, 3.8) is 0 Å². The van der Waals surface area contributed by atoms with E-state index in [9.17, 15) is 14.0 Å². The van der Waals surface area contributed by atoms with Gasteiger partial charge in [-0.25, -0.2) is 4.39 Å². The summed E-state index contributed by atoms with van der Waals surface area (Å²) in [7, 11) is 0. The van der Waals surface area contributed by atoms with Crippen molar-refractivity contribution in [3.8, 4) is 11.1 Å². The number of carbonyl (C=O) groups excluding carboxylic acids is 2. The van der Waals surface area contributed by atoms with E-state index in [2.05, 4.69) is 10.6 Å². The minimum absolute atomic E-state index is 0.0220. The lowest BCUT2D eigenvalue weighted by Crippen LogP contribution is -2.18. The molecular weight excluding hydrogens is 443 g/mol. The Morgan fingerprint density at radius 3 is 2.14 bits per heavy atom. The number of anilines is 2. The van der Waals surface area contributed by atoms with E-state index in [1.807, 2.05) is 54.6 Å². The molecule has 1 heterocycles. The fourth-order valence-electron chi connectivity index (χ4n) is 3.89. The van der Waals surface area contributed by atoms with Crippen molar-refractivity contribution in [2.45, 2.75) is 6.42 Å². The van der Waals surface area contributed by atoms with Gasteiger partial charge in [0.1, 0.15) is 17.1 Å². The average molecular weight is 464 g/mol. The van der Waals surface area contributed by atoms with Gasteiger partial charge in [0.15, 0.2) is 0 Å². The second-order valence-corrected chi connectivity index (χ2v) is 8.02. The van der Waals surface area contributed by atoms with Crippen LogP contribution in [0.3, 0.4) is 0 Å². The molecule has 0 atom stereocenters. The molecule has 4 aromatic carbocycles. The van der Waals surface area contributed by atoms with Crippen molar-refractivity contribution < 1.29 is 18.4 Å². The predicted molar refractivity (Wildman–Crippen MR) is 135 cm³/mol. The van der Waals surface area contributed by atoms with Crippen LogP contribution in [0.4, 0.5) is 15.8 Å². The van der Waals surface area contributed by atoms with Gasteiger partial charge in [0.25, 0.3) is 5.91 Å². The predicted octanol–water partition coefficient (Wildman–Crippen LogP) is 6.67. The largest absolute Gasteiger partial charge is 0.449 e. The van der Waals surface area contributed by atoms with Crippen LogP contribution in [-0.2, 0) is 11.2 Å². The Labute approximate surface area is 201 Å². The minimum atomic E-state index is -0.659. The van der Waals surface area contributed by atoms with E-state index in [4.69, 9.17) is 4.42 Å². The molecule has 6 heteroatoms. The van der Waals surface area contributed by atoms with Gasteiger partial charge < -0.3 is 15.1 Å². The summed E-state index contributed by atoms with van der Waals surface area (Å²) in [5.74, 6) is -1.62. The lowest BCUT2D eigenvalue weighted by atomic mass is 10.0. The van der Waals surface area contributed by atoms with Crippen molar-refractivity contribution in [1.29, 1.82) is 0 Å². The lowest BCUT2D eigenvalue weighted by molar-refractivity contribution is -0.115. The summed E-state index contributed by atoms with van der Waals surface area (Å²) in [5.41, 5.74) is 3.69. The van der Waals surface area contributed by atoms with Crippen LogP contribution >= 0.6 is 0 Å². The molecule has 0 fully saturated rings. The standard InChI is InChI=1S/C29H21FN2O3/c30-23-11-5-6-12-24(23)31-29(34)28-27(22-10-4-7-13-25(22)35-28)32-26(33)18-19-14-16-21(17-15-19)20-8-2-1-3-9-20/h1-17H,18H2,(H,31,34)(H,32,33). The van der Waals surface area contributed by atoms with Gasteiger partial charge in [-0.15, -0.1) is 0 Å². The first-order chi connectivity index (χ1) is 17.1.